The number of benzene rings is 4. The zero-order valence-corrected chi connectivity index (χ0v) is 17.8. The van der Waals surface area contributed by atoms with Crippen LogP contribution in [-0.4, -0.2) is 31.3 Å². The SMILES string of the molecule is O=Cc1ccccc1[B-](c1ccccc1C=O)(c1ccccc1C=O)c1ccccc1C=O. The van der Waals surface area contributed by atoms with Crippen LogP contribution in [0, 0.1) is 0 Å². The second-order valence-electron chi connectivity index (χ2n) is 7.85. The first-order valence-corrected chi connectivity index (χ1v) is 10.6. The largest absolute Gasteiger partial charge is 0.298 e. The quantitative estimate of drug-likeness (QED) is 0.317. The van der Waals surface area contributed by atoms with Gasteiger partial charge in [0.15, 0.2) is 0 Å². The van der Waals surface area contributed by atoms with Gasteiger partial charge in [-0.2, -0.15) is 21.9 Å². The molecule has 0 amide bonds. The normalized spacial score (nSPS) is 10.9. The number of hydrogen-bond donors (Lipinski definition) is 0. The Morgan fingerprint density at radius 3 is 0.788 bits per heavy atom. The van der Waals surface area contributed by atoms with Gasteiger partial charge in [0.05, 0.1) is 0 Å². The van der Waals surface area contributed by atoms with Crippen molar-refractivity contribution in [1.82, 2.24) is 0 Å². The van der Waals surface area contributed by atoms with Crippen LogP contribution < -0.4 is 21.9 Å². The summed E-state index contributed by atoms with van der Waals surface area (Å²) in [5.41, 5.74) is 4.19. The highest BCUT2D eigenvalue weighted by Crippen LogP contribution is 2.16. The van der Waals surface area contributed by atoms with Gasteiger partial charge in [-0.3, -0.25) is 19.2 Å². The topological polar surface area (TPSA) is 68.3 Å². The average Bonchev–Trinajstić information content (AvgIpc) is 2.90. The summed E-state index contributed by atoms with van der Waals surface area (Å²) in [6, 6.07) is 28.4. The third-order valence-corrected chi connectivity index (χ3v) is 6.36. The van der Waals surface area contributed by atoms with Crippen LogP contribution in [-0.2, 0) is 0 Å². The number of hydrogen-bond acceptors (Lipinski definition) is 4. The van der Waals surface area contributed by atoms with Crippen LogP contribution in [0.3, 0.4) is 0 Å². The number of carbonyl (C=O) groups is 4. The van der Waals surface area contributed by atoms with Gasteiger partial charge in [-0.15, -0.1) is 0 Å². The fourth-order valence-electron chi connectivity index (χ4n) is 5.06. The molecule has 0 spiro atoms. The Morgan fingerprint density at radius 1 is 0.364 bits per heavy atom. The number of carbonyl (C=O) groups excluding carboxylic acids is 4. The standard InChI is InChI=1S/C28H20BO4/c30-17-21-9-1-5-13-25(21)29(26-14-6-2-10-22(26)18-31,27-15-7-3-11-23(27)19-32)28-16-8-4-12-24(28)20-33/h1-20H/q-1. The first-order chi connectivity index (χ1) is 16.2. The molecule has 4 aromatic rings. The monoisotopic (exact) mass is 431 g/mol. The first-order valence-electron chi connectivity index (χ1n) is 10.6. The van der Waals surface area contributed by atoms with Crippen molar-refractivity contribution in [1.29, 1.82) is 0 Å². The smallest absolute Gasteiger partial charge is 0.146 e. The predicted molar refractivity (Wildman–Crippen MR) is 132 cm³/mol. The molecule has 0 aliphatic heterocycles. The summed E-state index contributed by atoms with van der Waals surface area (Å²) >= 11 is 0. The van der Waals surface area contributed by atoms with Crippen molar-refractivity contribution >= 4 is 53.1 Å². The van der Waals surface area contributed by atoms with Gasteiger partial charge in [0.1, 0.15) is 31.3 Å². The van der Waals surface area contributed by atoms with Crippen molar-refractivity contribution in [3.8, 4) is 0 Å². The van der Waals surface area contributed by atoms with Crippen molar-refractivity contribution in [3.63, 3.8) is 0 Å². The molecule has 160 valence electrons. The highest BCUT2D eigenvalue weighted by atomic mass is 16.1. The van der Waals surface area contributed by atoms with Gasteiger partial charge in [-0.25, -0.2) is 0 Å². The molecule has 0 N–H and O–H groups in total. The van der Waals surface area contributed by atoms with Gasteiger partial charge in [-0.1, -0.05) is 97.1 Å². The molecular weight excluding hydrogens is 411 g/mol. The van der Waals surface area contributed by atoms with Gasteiger partial charge in [0.25, 0.3) is 0 Å². The van der Waals surface area contributed by atoms with Crippen LogP contribution in [0.2, 0.25) is 0 Å². The second-order valence-corrected chi connectivity index (χ2v) is 7.85. The molecule has 0 fully saturated rings. The molecule has 4 rings (SSSR count). The first kappa shape index (κ1) is 21.8. The van der Waals surface area contributed by atoms with E-state index in [9.17, 15) is 19.2 Å². The maximum atomic E-state index is 12.2. The summed E-state index contributed by atoms with van der Waals surface area (Å²) in [7, 11) is 0. The Balaban J connectivity index is 2.36. The molecular formula is C28H20BO4-. The van der Waals surface area contributed by atoms with Crippen LogP contribution >= 0.6 is 0 Å². The Labute approximate surface area is 191 Å². The van der Waals surface area contributed by atoms with E-state index < -0.39 is 6.15 Å². The van der Waals surface area contributed by atoms with Crippen molar-refractivity contribution in [2.75, 3.05) is 0 Å². The number of rotatable bonds is 8. The Hall–Kier alpha value is -4.38. The lowest BCUT2D eigenvalue weighted by atomic mass is 9.11. The van der Waals surface area contributed by atoms with E-state index in [4.69, 9.17) is 0 Å². The van der Waals surface area contributed by atoms with E-state index in [1.54, 1.807) is 48.5 Å². The van der Waals surface area contributed by atoms with E-state index in [0.29, 0.717) is 44.1 Å². The van der Waals surface area contributed by atoms with Crippen molar-refractivity contribution < 1.29 is 19.2 Å². The third-order valence-electron chi connectivity index (χ3n) is 6.36. The van der Waals surface area contributed by atoms with Crippen LogP contribution in [0.1, 0.15) is 41.4 Å². The molecule has 4 nitrogen and oxygen atoms in total. The van der Waals surface area contributed by atoms with Crippen molar-refractivity contribution in [2.45, 2.75) is 0 Å². The average molecular weight is 431 g/mol. The van der Waals surface area contributed by atoms with Gasteiger partial charge in [0.2, 0.25) is 0 Å². The third kappa shape index (κ3) is 3.54. The zero-order valence-electron chi connectivity index (χ0n) is 17.8. The van der Waals surface area contributed by atoms with Gasteiger partial charge in [-0.05, 0) is 22.3 Å². The fraction of sp³-hybridized carbons (Fsp3) is 0. The maximum absolute atomic E-state index is 12.2. The molecule has 0 aliphatic rings. The lowest BCUT2D eigenvalue weighted by Crippen LogP contribution is -2.77. The molecule has 33 heavy (non-hydrogen) atoms. The molecule has 0 aromatic heterocycles. The van der Waals surface area contributed by atoms with Gasteiger partial charge in [0, 0.05) is 0 Å². The molecule has 0 unspecified atom stereocenters. The lowest BCUT2D eigenvalue weighted by molar-refractivity contribution is 0.111. The van der Waals surface area contributed by atoms with E-state index in [2.05, 4.69) is 0 Å². The molecule has 4 aromatic carbocycles. The Morgan fingerprint density at radius 2 is 0.576 bits per heavy atom. The molecule has 0 saturated carbocycles. The highest BCUT2D eigenvalue weighted by Gasteiger charge is 2.37. The van der Waals surface area contributed by atoms with E-state index >= 15 is 0 Å². The van der Waals surface area contributed by atoms with E-state index in [-0.39, 0.29) is 0 Å². The molecule has 0 aliphatic carbocycles. The summed E-state index contributed by atoms with van der Waals surface area (Å²) < 4.78 is 0. The lowest BCUT2D eigenvalue weighted by Gasteiger charge is -2.47. The van der Waals surface area contributed by atoms with Gasteiger partial charge >= 0.3 is 0 Å². The molecule has 0 heterocycles. The van der Waals surface area contributed by atoms with Gasteiger partial charge < -0.3 is 0 Å². The summed E-state index contributed by atoms with van der Waals surface area (Å²) in [6.45, 7) is 0. The summed E-state index contributed by atoms with van der Waals surface area (Å²) in [4.78, 5) is 48.9. The van der Waals surface area contributed by atoms with E-state index in [0.717, 1.165) is 25.1 Å². The predicted octanol–water partition coefficient (Wildman–Crippen LogP) is 2.31. The minimum Gasteiger partial charge on any atom is -0.298 e. The number of aldehydes is 4. The van der Waals surface area contributed by atoms with Crippen LogP contribution in [0.15, 0.2) is 97.1 Å². The van der Waals surface area contributed by atoms with Crippen LogP contribution in [0.5, 0.6) is 0 Å². The molecule has 5 heteroatoms. The fourth-order valence-corrected chi connectivity index (χ4v) is 5.06. The maximum Gasteiger partial charge on any atom is 0.146 e. The zero-order chi connectivity index (χ0) is 23.3. The van der Waals surface area contributed by atoms with E-state index in [1.165, 1.54) is 0 Å². The molecule has 0 atom stereocenters. The molecule has 0 bridgehead atoms. The van der Waals surface area contributed by atoms with Crippen LogP contribution in [0.4, 0.5) is 0 Å². The van der Waals surface area contributed by atoms with Crippen LogP contribution in [0.25, 0.3) is 0 Å². The Bertz CT molecular complexity index is 1150. The summed E-state index contributed by atoms with van der Waals surface area (Å²) in [5, 5.41) is 0. The Kier molecular flexibility index (Phi) is 6.23. The second kappa shape index (κ2) is 9.41. The van der Waals surface area contributed by atoms with Crippen molar-refractivity contribution in [3.05, 3.63) is 119 Å². The molecule has 0 saturated heterocycles. The van der Waals surface area contributed by atoms with E-state index in [1.807, 2.05) is 48.5 Å². The summed E-state index contributed by atoms with van der Waals surface area (Å²) in [5.74, 6) is 0. The minimum absolute atomic E-state index is 0.416. The van der Waals surface area contributed by atoms with Crippen molar-refractivity contribution in [2.24, 2.45) is 0 Å². The highest BCUT2D eigenvalue weighted by molar-refractivity contribution is 7.21. The minimum atomic E-state index is -2.28. The summed E-state index contributed by atoms with van der Waals surface area (Å²) in [6.07, 6.45) is 0.788. The molecule has 0 radical (unpaired) electrons.